The molecule has 1 heterocycles. The number of hydrogen-bond donors (Lipinski definition) is 1. The van der Waals surface area contributed by atoms with Gasteiger partial charge in [-0.3, -0.25) is 0 Å². The SMILES string of the molecule is COC(=O)c1nccc(Sc2c(F)cc(N)cc2F)n1. The first-order valence-corrected chi connectivity index (χ1v) is 6.16. The quantitative estimate of drug-likeness (QED) is 0.532. The number of carbonyl (C=O) groups excluding carboxylic acids is 1. The lowest BCUT2D eigenvalue weighted by molar-refractivity contribution is 0.0585. The largest absolute Gasteiger partial charge is 0.463 e. The van der Waals surface area contributed by atoms with E-state index in [9.17, 15) is 13.6 Å². The van der Waals surface area contributed by atoms with Crippen LogP contribution in [-0.4, -0.2) is 23.0 Å². The molecule has 2 aromatic rings. The fraction of sp³-hybridized carbons (Fsp3) is 0.0833. The Morgan fingerprint density at radius 1 is 1.35 bits per heavy atom. The maximum absolute atomic E-state index is 13.6. The molecule has 0 unspecified atom stereocenters. The number of nitrogen functional groups attached to an aromatic ring is 1. The number of ether oxygens (including phenoxy) is 1. The first-order valence-electron chi connectivity index (χ1n) is 5.35. The van der Waals surface area contributed by atoms with Crippen LogP contribution in [0.15, 0.2) is 34.3 Å². The molecule has 2 rings (SSSR count). The molecule has 20 heavy (non-hydrogen) atoms. The Kier molecular flexibility index (Phi) is 4.14. The van der Waals surface area contributed by atoms with E-state index in [1.54, 1.807) is 0 Å². The summed E-state index contributed by atoms with van der Waals surface area (Å²) in [4.78, 5) is 18.6. The van der Waals surface area contributed by atoms with Crippen molar-refractivity contribution in [2.75, 3.05) is 12.8 Å². The average molecular weight is 297 g/mol. The van der Waals surface area contributed by atoms with Crippen molar-refractivity contribution >= 4 is 23.4 Å². The lowest BCUT2D eigenvalue weighted by Gasteiger charge is -2.06. The van der Waals surface area contributed by atoms with Gasteiger partial charge in [0.15, 0.2) is 0 Å². The van der Waals surface area contributed by atoms with Crippen molar-refractivity contribution in [2.45, 2.75) is 9.92 Å². The summed E-state index contributed by atoms with van der Waals surface area (Å²) in [5, 5.41) is 0.211. The van der Waals surface area contributed by atoms with Gasteiger partial charge >= 0.3 is 5.97 Å². The Morgan fingerprint density at radius 3 is 2.60 bits per heavy atom. The standard InChI is InChI=1S/C12H9F2N3O2S/c1-19-12(18)11-16-3-2-9(17-11)20-10-7(13)4-6(15)5-8(10)14/h2-5H,15H2,1H3. The molecular weight excluding hydrogens is 288 g/mol. The Balaban J connectivity index is 2.33. The van der Waals surface area contributed by atoms with Gasteiger partial charge in [-0.2, -0.15) is 0 Å². The molecule has 1 aromatic heterocycles. The van der Waals surface area contributed by atoms with Crippen LogP contribution in [0.5, 0.6) is 0 Å². The topological polar surface area (TPSA) is 78.1 Å². The van der Waals surface area contributed by atoms with Crippen molar-refractivity contribution in [2.24, 2.45) is 0 Å². The van der Waals surface area contributed by atoms with E-state index in [1.807, 2.05) is 0 Å². The summed E-state index contributed by atoms with van der Waals surface area (Å²) in [5.41, 5.74) is 5.32. The maximum atomic E-state index is 13.6. The highest BCUT2D eigenvalue weighted by atomic mass is 32.2. The molecule has 0 saturated carbocycles. The van der Waals surface area contributed by atoms with E-state index < -0.39 is 17.6 Å². The van der Waals surface area contributed by atoms with Crippen LogP contribution in [-0.2, 0) is 4.74 Å². The first kappa shape index (κ1) is 14.2. The summed E-state index contributed by atoms with van der Waals surface area (Å²) >= 11 is 0.727. The van der Waals surface area contributed by atoms with E-state index in [2.05, 4.69) is 14.7 Å². The van der Waals surface area contributed by atoms with Gasteiger partial charge in [-0.1, -0.05) is 11.8 Å². The molecule has 1 aromatic carbocycles. The number of nitrogens with zero attached hydrogens (tertiary/aromatic N) is 2. The highest BCUT2D eigenvalue weighted by Gasteiger charge is 2.15. The second-order valence-electron chi connectivity index (χ2n) is 3.63. The second kappa shape index (κ2) is 5.83. The van der Waals surface area contributed by atoms with E-state index in [-0.39, 0.29) is 21.4 Å². The van der Waals surface area contributed by atoms with Gasteiger partial charge in [0.1, 0.15) is 16.7 Å². The summed E-state index contributed by atoms with van der Waals surface area (Å²) < 4.78 is 31.8. The number of hydrogen-bond acceptors (Lipinski definition) is 6. The molecule has 0 saturated heterocycles. The average Bonchev–Trinajstić information content (AvgIpc) is 2.42. The van der Waals surface area contributed by atoms with Gasteiger partial charge in [0.25, 0.3) is 0 Å². The molecule has 0 aliphatic rings. The van der Waals surface area contributed by atoms with Crippen LogP contribution in [0.4, 0.5) is 14.5 Å². The van der Waals surface area contributed by atoms with Crippen molar-refractivity contribution in [1.82, 2.24) is 9.97 Å². The molecule has 0 amide bonds. The molecule has 2 N–H and O–H groups in total. The Hall–Kier alpha value is -2.22. The fourth-order valence-corrected chi connectivity index (χ4v) is 2.15. The van der Waals surface area contributed by atoms with Gasteiger partial charge in [0, 0.05) is 11.9 Å². The Morgan fingerprint density at radius 2 is 2.00 bits per heavy atom. The molecule has 0 radical (unpaired) electrons. The number of benzene rings is 1. The van der Waals surface area contributed by atoms with Gasteiger partial charge in [-0.05, 0) is 18.2 Å². The highest BCUT2D eigenvalue weighted by Crippen LogP contribution is 2.32. The zero-order chi connectivity index (χ0) is 14.7. The van der Waals surface area contributed by atoms with Gasteiger partial charge in [-0.25, -0.2) is 23.5 Å². The first-order chi connectivity index (χ1) is 9.51. The zero-order valence-corrected chi connectivity index (χ0v) is 11.1. The van der Waals surface area contributed by atoms with Crippen LogP contribution < -0.4 is 5.73 Å². The summed E-state index contributed by atoms with van der Waals surface area (Å²) in [6.45, 7) is 0. The molecule has 0 atom stereocenters. The van der Waals surface area contributed by atoms with Crippen molar-refractivity contribution in [3.8, 4) is 0 Å². The smallest absolute Gasteiger partial charge is 0.376 e. The minimum Gasteiger partial charge on any atom is -0.463 e. The van der Waals surface area contributed by atoms with Crippen molar-refractivity contribution in [1.29, 1.82) is 0 Å². The Labute approximate surface area is 117 Å². The highest BCUT2D eigenvalue weighted by molar-refractivity contribution is 7.99. The third kappa shape index (κ3) is 3.02. The van der Waals surface area contributed by atoms with Crippen LogP contribution in [0.1, 0.15) is 10.6 Å². The van der Waals surface area contributed by atoms with E-state index in [0.29, 0.717) is 0 Å². The Bertz CT molecular complexity index is 644. The zero-order valence-electron chi connectivity index (χ0n) is 10.3. The minimum absolute atomic E-state index is 0.0118. The lowest BCUT2D eigenvalue weighted by Crippen LogP contribution is -2.07. The molecule has 5 nitrogen and oxygen atoms in total. The van der Waals surface area contributed by atoms with Crippen LogP contribution in [0.25, 0.3) is 0 Å². The third-order valence-electron chi connectivity index (χ3n) is 2.23. The number of halogens is 2. The summed E-state index contributed by atoms with van der Waals surface area (Å²) in [7, 11) is 1.19. The van der Waals surface area contributed by atoms with Crippen LogP contribution in [0.3, 0.4) is 0 Å². The molecular formula is C12H9F2N3O2S. The second-order valence-corrected chi connectivity index (χ2v) is 4.66. The molecule has 0 aliphatic heterocycles. The summed E-state index contributed by atoms with van der Waals surface area (Å²) in [6.07, 6.45) is 1.30. The van der Waals surface area contributed by atoms with Crippen molar-refractivity contribution in [3.05, 3.63) is 41.9 Å². The molecule has 0 aliphatic carbocycles. The number of anilines is 1. The van der Waals surface area contributed by atoms with Crippen LogP contribution >= 0.6 is 11.8 Å². The summed E-state index contributed by atoms with van der Waals surface area (Å²) in [6, 6.07) is 3.44. The molecule has 0 bridgehead atoms. The van der Waals surface area contributed by atoms with E-state index in [1.165, 1.54) is 19.4 Å². The van der Waals surface area contributed by atoms with Crippen molar-refractivity contribution in [3.63, 3.8) is 0 Å². The number of aromatic nitrogens is 2. The number of esters is 1. The van der Waals surface area contributed by atoms with E-state index >= 15 is 0 Å². The van der Waals surface area contributed by atoms with Crippen molar-refractivity contribution < 1.29 is 18.3 Å². The number of rotatable bonds is 3. The maximum Gasteiger partial charge on any atom is 0.376 e. The number of carbonyl (C=O) groups is 1. The molecule has 8 heteroatoms. The molecule has 0 spiro atoms. The molecule has 104 valence electrons. The minimum atomic E-state index is -0.800. The number of methoxy groups -OCH3 is 1. The predicted octanol–water partition coefficient (Wildman–Crippen LogP) is 2.27. The van der Waals surface area contributed by atoms with Gasteiger partial charge < -0.3 is 10.5 Å². The van der Waals surface area contributed by atoms with Crippen LogP contribution in [0.2, 0.25) is 0 Å². The fourth-order valence-electron chi connectivity index (χ4n) is 1.37. The predicted molar refractivity (Wildman–Crippen MR) is 68.3 cm³/mol. The summed E-state index contributed by atoms with van der Waals surface area (Å²) in [5.74, 6) is -2.52. The third-order valence-corrected chi connectivity index (χ3v) is 3.26. The molecule has 0 fully saturated rings. The van der Waals surface area contributed by atoms with E-state index in [0.717, 1.165) is 23.9 Å². The lowest BCUT2D eigenvalue weighted by atomic mass is 10.3. The van der Waals surface area contributed by atoms with Gasteiger partial charge in [0.05, 0.1) is 12.0 Å². The van der Waals surface area contributed by atoms with Crippen LogP contribution in [0, 0.1) is 11.6 Å². The van der Waals surface area contributed by atoms with Gasteiger partial charge in [0.2, 0.25) is 5.82 Å². The van der Waals surface area contributed by atoms with Gasteiger partial charge in [-0.15, -0.1) is 0 Å². The monoisotopic (exact) mass is 297 g/mol. The van der Waals surface area contributed by atoms with E-state index in [4.69, 9.17) is 5.73 Å². The number of nitrogens with two attached hydrogens (primary N) is 1. The normalized spacial score (nSPS) is 10.3.